The third-order valence-electron chi connectivity index (χ3n) is 3.31. The van der Waals surface area contributed by atoms with E-state index in [0.29, 0.717) is 17.4 Å². The summed E-state index contributed by atoms with van der Waals surface area (Å²) in [4.78, 5) is 11.9. The van der Waals surface area contributed by atoms with Gasteiger partial charge < -0.3 is 9.15 Å². The molecule has 0 fully saturated rings. The van der Waals surface area contributed by atoms with Crippen molar-refractivity contribution >= 4 is 5.97 Å². The van der Waals surface area contributed by atoms with Crippen molar-refractivity contribution in [1.82, 2.24) is 10.2 Å². The van der Waals surface area contributed by atoms with Crippen LogP contribution >= 0.6 is 0 Å². The van der Waals surface area contributed by atoms with Crippen LogP contribution in [0.1, 0.15) is 78.0 Å². The zero-order valence-electron chi connectivity index (χ0n) is 15.0. The zero-order chi connectivity index (χ0) is 17.3. The summed E-state index contributed by atoms with van der Waals surface area (Å²) in [7, 11) is 0. The van der Waals surface area contributed by atoms with E-state index in [0.717, 1.165) is 12.8 Å². The molecular weight excluding hydrogens is 292 g/mol. The van der Waals surface area contributed by atoms with E-state index in [1.165, 1.54) is 32.1 Å². The maximum atomic E-state index is 11.9. The molecule has 130 valence electrons. The van der Waals surface area contributed by atoms with Crippen molar-refractivity contribution in [2.45, 2.75) is 84.7 Å². The van der Waals surface area contributed by atoms with E-state index in [2.05, 4.69) is 23.7 Å². The number of carbonyl (C=O) groups excluding carboxylic acids is 1. The Morgan fingerprint density at radius 3 is 2.35 bits per heavy atom. The standard InChI is InChI=1S/C18H30N2O3/c1-6-7-8-9-10-11-12-15-19-20-16(22-15)13-14(2)17(21)23-18(3,4)5/h2,6-13H2,1,3-5H3. The van der Waals surface area contributed by atoms with E-state index in [9.17, 15) is 4.79 Å². The van der Waals surface area contributed by atoms with Gasteiger partial charge in [-0.05, 0) is 27.2 Å². The number of hydrogen-bond donors (Lipinski definition) is 0. The van der Waals surface area contributed by atoms with Crippen molar-refractivity contribution in [3.8, 4) is 0 Å². The lowest BCUT2D eigenvalue weighted by atomic mass is 10.1. The number of aromatic nitrogens is 2. The normalized spacial score (nSPS) is 11.5. The summed E-state index contributed by atoms with van der Waals surface area (Å²) in [6, 6.07) is 0. The third kappa shape index (κ3) is 8.53. The fourth-order valence-electron chi connectivity index (χ4n) is 2.12. The fraction of sp³-hybridized carbons (Fsp3) is 0.722. The molecule has 0 N–H and O–H groups in total. The highest BCUT2D eigenvalue weighted by molar-refractivity contribution is 5.88. The van der Waals surface area contributed by atoms with Gasteiger partial charge >= 0.3 is 5.97 Å². The van der Waals surface area contributed by atoms with Gasteiger partial charge in [-0.25, -0.2) is 4.79 Å². The van der Waals surface area contributed by atoms with Gasteiger partial charge in [0.05, 0.1) is 6.42 Å². The third-order valence-corrected chi connectivity index (χ3v) is 3.31. The molecule has 0 radical (unpaired) electrons. The summed E-state index contributed by atoms with van der Waals surface area (Å²) >= 11 is 0. The Morgan fingerprint density at radius 2 is 1.70 bits per heavy atom. The molecule has 1 aromatic rings. The number of carbonyl (C=O) groups is 1. The van der Waals surface area contributed by atoms with E-state index < -0.39 is 11.6 Å². The molecule has 5 heteroatoms. The summed E-state index contributed by atoms with van der Waals surface area (Å²) in [6.07, 6.45) is 8.37. The summed E-state index contributed by atoms with van der Waals surface area (Å²) in [5.41, 5.74) is -0.202. The van der Waals surface area contributed by atoms with Crippen molar-refractivity contribution in [2.75, 3.05) is 0 Å². The van der Waals surface area contributed by atoms with Crippen LogP contribution in [0.15, 0.2) is 16.6 Å². The Balaban J connectivity index is 2.33. The Hall–Kier alpha value is -1.65. The minimum Gasteiger partial charge on any atom is -0.457 e. The average Bonchev–Trinajstić information content (AvgIpc) is 2.88. The van der Waals surface area contributed by atoms with E-state index in [-0.39, 0.29) is 6.42 Å². The molecule has 0 aliphatic heterocycles. The highest BCUT2D eigenvalue weighted by Crippen LogP contribution is 2.14. The lowest BCUT2D eigenvalue weighted by molar-refractivity contribution is -0.150. The van der Waals surface area contributed by atoms with Crippen LogP contribution in [0.5, 0.6) is 0 Å². The first-order valence-electron chi connectivity index (χ1n) is 8.54. The highest BCUT2D eigenvalue weighted by Gasteiger charge is 2.20. The van der Waals surface area contributed by atoms with Gasteiger partial charge in [-0.2, -0.15) is 0 Å². The van der Waals surface area contributed by atoms with E-state index in [1.54, 1.807) is 0 Å². The van der Waals surface area contributed by atoms with Crippen LogP contribution in [0.25, 0.3) is 0 Å². The van der Waals surface area contributed by atoms with Gasteiger partial charge in [-0.15, -0.1) is 10.2 Å². The molecule has 0 aromatic carbocycles. The number of nitrogens with zero attached hydrogens (tertiary/aromatic N) is 2. The first-order valence-corrected chi connectivity index (χ1v) is 8.54. The van der Waals surface area contributed by atoms with Crippen molar-refractivity contribution in [2.24, 2.45) is 0 Å². The maximum absolute atomic E-state index is 11.9. The van der Waals surface area contributed by atoms with Gasteiger partial charge in [-0.1, -0.05) is 45.6 Å². The van der Waals surface area contributed by atoms with Crippen LogP contribution in [0, 0.1) is 0 Å². The molecule has 0 amide bonds. The topological polar surface area (TPSA) is 65.2 Å². The number of ether oxygens (including phenoxy) is 1. The molecule has 1 aromatic heterocycles. The minimum atomic E-state index is -0.530. The van der Waals surface area contributed by atoms with Gasteiger partial charge in [0.25, 0.3) is 0 Å². The number of hydrogen-bond acceptors (Lipinski definition) is 5. The number of rotatable bonds is 10. The summed E-state index contributed by atoms with van der Waals surface area (Å²) in [6.45, 7) is 11.4. The highest BCUT2D eigenvalue weighted by atomic mass is 16.6. The van der Waals surface area contributed by atoms with Crippen LogP contribution < -0.4 is 0 Å². The first kappa shape index (κ1) is 19.4. The lowest BCUT2D eigenvalue weighted by Crippen LogP contribution is -2.25. The van der Waals surface area contributed by atoms with Gasteiger partial charge in [-0.3, -0.25) is 0 Å². The van der Waals surface area contributed by atoms with Crippen LogP contribution in [-0.2, 0) is 22.4 Å². The molecule has 0 unspecified atom stereocenters. The molecule has 1 heterocycles. The Labute approximate surface area is 139 Å². The minimum absolute atomic E-state index is 0.235. The van der Waals surface area contributed by atoms with Crippen LogP contribution in [0.3, 0.4) is 0 Å². The van der Waals surface area contributed by atoms with Gasteiger partial charge in [0.15, 0.2) is 0 Å². The van der Waals surface area contributed by atoms with Crippen molar-refractivity contribution < 1.29 is 13.9 Å². The molecule has 5 nitrogen and oxygen atoms in total. The molecule has 0 saturated carbocycles. The maximum Gasteiger partial charge on any atom is 0.334 e. The Bertz CT molecular complexity index is 501. The molecule has 0 saturated heterocycles. The van der Waals surface area contributed by atoms with E-state index >= 15 is 0 Å². The van der Waals surface area contributed by atoms with Crippen LogP contribution in [0.4, 0.5) is 0 Å². The number of unbranched alkanes of at least 4 members (excludes halogenated alkanes) is 5. The van der Waals surface area contributed by atoms with Crippen molar-refractivity contribution in [3.05, 3.63) is 23.9 Å². The quantitative estimate of drug-likeness (QED) is 0.362. The monoisotopic (exact) mass is 322 g/mol. The van der Waals surface area contributed by atoms with Crippen molar-refractivity contribution in [1.29, 1.82) is 0 Å². The van der Waals surface area contributed by atoms with Crippen LogP contribution in [0.2, 0.25) is 0 Å². The molecule has 0 bridgehead atoms. The first-order chi connectivity index (χ1) is 10.8. The average molecular weight is 322 g/mol. The second-order valence-electron chi connectivity index (χ2n) is 6.89. The SMILES string of the molecule is C=C(Cc1nnc(CCCCCCCC)o1)C(=O)OC(C)(C)C. The smallest absolute Gasteiger partial charge is 0.334 e. The van der Waals surface area contributed by atoms with Gasteiger partial charge in [0.1, 0.15) is 5.60 Å². The van der Waals surface area contributed by atoms with Crippen LogP contribution in [-0.4, -0.2) is 21.8 Å². The summed E-state index contributed by atoms with van der Waals surface area (Å²) in [5, 5.41) is 8.01. The fourth-order valence-corrected chi connectivity index (χ4v) is 2.12. The predicted molar refractivity (Wildman–Crippen MR) is 90.1 cm³/mol. The molecular formula is C18H30N2O3. The second kappa shape index (κ2) is 9.48. The lowest BCUT2D eigenvalue weighted by Gasteiger charge is -2.19. The van der Waals surface area contributed by atoms with E-state index in [4.69, 9.17) is 9.15 Å². The Kier molecular flexibility index (Phi) is 8.00. The Morgan fingerprint density at radius 1 is 1.09 bits per heavy atom. The molecule has 0 atom stereocenters. The molecule has 0 aliphatic carbocycles. The number of aryl methyl sites for hydroxylation is 1. The number of esters is 1. The van der Waals surface area contributed by atoms with Crippen molar-refractivity contribution in [3.63, 3.8) is 0 Å². The molecule has 0 spiro atoms. The molecule has 1 rings (SSSR count). The predicted octanol–water partition coefficient (Wildman–Crippen LogP) is 4.41. The second-order valence-corrected chi connectivity index (χ2v) is 6.89. The molecule has 23 heavy (non-hydrogen) atoms. The van der Waals surface area contributed by atoms with Gasteiger partial charge in [0.2, 0.25) is 11.8 Å². The summed E-state index contributed by atoms with van der Waals surface area (Å²) in [5.74, 6) is 0.627. The molecule has 0 aliphatic rings. The van der Waals surface area contributed by atoms with E-state index in [1.807, 2.05) is 20.8 Å². The zero-order valence-corrected chi connectivity index (χ0v) is 15.0. The van der Waals surface area contributed by atoms with Gasteiger partial charge in [0, 0.05) is 12.0 Å². The largest absolute Gasteiger partial charge is 0.457 e. The summed E-state index contributed by atoms with van der Waals surface area (Å²) < 4.78 is 10.8.